The Balaban J connectivity index is 3.53. The molecule has 1 amide bonds. The first-order valence-corrected chi connectivity index (χ1v) is 13.4. The first-order valence-electron chi connectivity index (χ1n) is 8.98. The Kier molecular flexibility index (Phi) is 10.8. The summed E-state index contributed by atoms with van der Waals surface area (Å²) in [6.45, 7) is -2.08. The van der Waals surface area contributed by atoms with Crippen molar-refractivity contribution in [2.24, 2.45) is 0 Å². The predicted octanol–water partition coefficient (Wildman–Crippen LogP) is 0.102. The van der Waals surface area contributed by atoms with Crippen LogP contribution in [0.3, 0.4) is 0 Å². The smallest absolute Gasteiger partial charge is 0.398 e. The van der Waals surface area contributed by atoms with Gasteiger partial charge in [0.15, 0.2) is 5.69 Å². The minimum absolute atomic E-state index is 0.0874. The molecule has 192 valence electrons. The van der Waals surface area contributed by atoms with Crippen LogP contribution in [0.25, 0.3) is 0 Å². The number of halogens is 1. The van der Waals surface area contributed by atoms with Crippen molar-refractivity contribution in [1.82, 2.24) is 5.32 Å². The molecule has 1 aromatic rings. The Hall–Kier alpha value is -2.41. The number of nitro groups is 2. The first-order chi connectivity index (χ1) is 15.6. The molecular weight excluding hydrogens is 573 g/mol. The zero-order valence-electron chi connectivity index (χ0n) is 17.4. The van der Waals surface area contributed by atoms with Gasteiger partial charge in [0.1, 0.15) is 5.56 Å². The molecule has 0 fully saturated rings. The van der Waals surface area contributed by atoms with Gasteiger partial charge in [-0.15, -0.1) is 0 Å². The molecule has 34 heavy (non-hydrogen) atoms. The number of nitrogen functional groups attached to an aromatic ring is 1. The number of carbonyl (C=O) groups is 1. The summed E-state index contributed by atoms with van der Waals surface area (Å²) in [5, 5.41) is 25.8. The second-order valence-corrected chi connectivity index (χ2v) is 10.0. The second-order valence-electron chi connectivity index (χ2n) is 6.35. The minimum Gasteiger partial charge on any atom is -0.398 e. The van der Waals surface area contributed by atoms with Gasteiger partial charge in [-0.3, -0.25) is 33.7 Å². The summed E-state index contributed by atoms with van der Waals surface area (Å²) in [5.74, 6) is -1.17. The average Bonchev–Trinajstić information content (AvgIpc) is 2.67. The number of carbonyl (C=O) groups excluding carboxylic acids is 1. The molecule has 0 saturated carbocycles. The molecule has 0 aliphatic heterocycles. The quantitative estimate of drug-likeness (QED) is 0.0424. The topological polar surface area (TPSA) is 255 Å². The number of nitrogens with two attached hydrogens (primary N) is 1. The lowest BCUT2D eigenvalue weighted by Crippen LogP contribution is -2.33. The molecule has 5 N–H and O–H groups in total. The lowest BCUT2D eigenvalue weighted by Gasteiger charge is -2.24. The van der Waals surface area contributed by atoms with E-state index < -0.39 is 81.8 Å². The van der Waals surface area contributed by atoms with Crippen molar-refractivity contribution in [2.45, 2.75) is 0 Å². The van der Waals surface area contributed by atoms with Crippen LogP contribution in [0.15, 0.2) is 6.07 Å². The summed E-state index contributed by atoms with van der Waals surface area (Å²) >= 11 is 3.10. The molecular formula is C14H21BrN5O12PS. The van der Waals surface area contributed by atoms with Gasteiger partial charge in [-0.25, -0.2) is 4.57 Å². The lowest BCUT2D eigenvalue weighted by molar-refractivity contribution is -0.392. The molecule has 0 atom stereocenters. The van der Waals surface area contributed by atoms with Crippen LogP contribution in [0.5, 0.6) is 0 Å². The molecule has 0 spiro atoms. The number of nitrogens with one attached hydrogen (secondary N) is 1. The lowest BCUT2D eigenvalue weighted by atomic mass is 10.0. The third-order valence-corrected chi connectivity index (χ3v) is 5.34. The van der Waals surface area contributed by atoms with Crippen molar-refractivity contribution in [3.8, 4) is 0 Å². The van der Waals surface area contributed by atoms with Gasteiger partial charge in [0.2, 0.25) is 0 Å². The molecule has 0 bridgehead atoms. The van der Waals surface area contributed by atoms with Crippen LogP contribution in [0, 0.1) is 20.2 Å². The van der Waals surface area contributed by atoms with Gasteiger partial charge < -0.3 is 25.7 Å². The van der Waals surface area contributed by atoms with Crippen LogP contribution in [-0.4, -0.2) is 78.4 Å². The molecule has 0 radical (unpaired) electrons. The summed E-state index contributed by atoms with van der Waals surface area (Å²) < 4.78 is 42.0. The number of benzene rings is 1. The molecule has 1 rings (SSSR count). The zero-order valence-corrected chi connectivity index (χ0v) is 20.7. The fourth-order valence-electron chi connectivity index (χ4n) is 2.69. The van der Waals surface area contributed by atoms with E-state index in [-0.39, 0.29) is 18.4 Å². The van der Waals surface area contributed by atoms with Gasteiger partial charge in [0.25, 0.3) is 16.0 Å². The van der Waals surface area contributed by atoms with Crippen molar-refractivity contribution in [3.05, 3.63) is 31.9 Å². The van der Waals surface area contributed by atoms with E-state index in [4.69, 9.17) is 15.5 Å². The summed E-state index contributed by atoms with van der Waals surface area (Å²) in [7, 11) is -8.71. The van der Waals surface area contributed by atoms with Gasteiger partial charge in [0, 0.05) is 31.0 Å². The summed E-state index contributed by atoms with van der Waals surface area (Å²) in [6, 6.07) is 0.738. The van der Waals surface area contributed by atoms with Crippen molar-refractivity contribution < 1.29 is 46.1 Å². The van der Waals surface area contributed by atoms with E-state index in [0.717, 1.165) is 17.2 Å². The molecule has 0 aliphatic carbocycles. The largest absolute Gasteiger partial charge is 0.469 e. The van der Waals surface area contributed by atoms with Crippen LogP contribution in [0.1, 0.15) is 10.4 Å². The van der Waals surface area contributed by atoms with Crippen LogP contribution in [0.2, 0.25) is 0 Å². The van der Waals surface area contributed by atoms with Gasteiger partial charge in [0.05, 0.1) is 35.0 Å². The van der Waals surface area contributed by atoms with E-state index in [9.17, 15) is 38.0 Å². The number of nitro benzene ring substituents is 2. The van der Waals surface area contributed by atoms with E-state index >= 15 is 0 Å². The van der Waals surface area contributed by atoms with Crippen molar-refractivity contribution >= 4 is 62.5 Å². The molecule has 17 nitrogen and oxygen atoms in total. The first kappa shape index (κ1) is 29.6. The number of rotatable bonds is 14. The molecule has 20 heteroatoms. The van der Waals surface area contributed by atoms with Gasteiger partial charge in [-0.1, -0.05) is 15.9 Å². The molecule has 0 saturated heterocycles. The van der Waals surface area contributed by atoms with Crippen LogP contribution < -0.4 is 16.0 Å². The van der Waals surface area contributed by atoms with E-state index in [1.54, 1.807) is 0 Å². The highest BCUT2D eigenvalue weighted by Gasteiger charge is 2.37. The normalized spacial score (nSPS) is 11.8. The highest BCUT2D eigenvalue weighted by molar-refractivity contribution is 9.09. The molecule has 0 unspecified atom stereocenters. The highest BCUT2D eigenvalue weighted by Crippen LogP contribution is 2.43. The van der Waals surface area contributed by atoms with Gasteiger partial charge in [-0.05, 0) is 0 Å². The van der Waals surface area contributed by atoms with E-state index in [1.165, 1.54) is 0 Å². The molecule has 0 aromatic heterocycles. The third-order valence-electron chi connectivity index (χ3n) is 3.87. The minimum atomic E-state index is -4.83. The maximum Gasteiger partial charge on any atom is 0.469 e. The van der Waals surface area contributed by atoms with Crippen LogP contribution in [0.4, 0.5) is 22.7 Å². The average molecular weight is 594 g/mol. The van der Waals surface area contributed by atoms with Crippen molar-refractivity contribution in [2.75, 3.05) is 55.1 Å². The Morgan fingerprint density at radius 2 is 1.88 bits per heavy atom. The zero-order chi connectivity index (χ0) is 26.3. The fraction of sp³-hybridized carbons (Fsp3) is 0.500. The highest BCUT2D eigenvalue weighted by atomic mass is 79.9. The summed E-state index contributed by atoms with van der Waals surface area (Å²) in [6.07, 6.45) is 0.772. The maximum absolute atomic E-state index is 12.6. The SMILES string of the molecule is CS(=O)(=O)OCCN(CCBr)c1c([N+](=O)[O-])cc(N)c(C(=O)NCCOP(=O)(O)O)c1[N+](=O)[O-]. The summed E-state index contributed by atoms with van der Waals surface area (Å²) in [5.41, 5.74) is 1.91. The van der Waals surface area contributed by atoms with Gasteiger partial charge in [-0.2, -0.15) is 8.42 Å². The number of hydrogen-bond acceptors (Lipinski definition) is 12. The van der Waals surface area contributed by atoms with E-state index in [0.29, 0.717) is 0 Å². The third kappa shape index (κ3) is 9.09. The molecule has 1 aromatic carbocycles. The monoisotopic (exact) mass is 593 g/mol. The fourth-order valence-corrected chi connectivity index (χ4v) is 3.82. The Bertz CT molecular complexity index is 1100. The van der Waals surface area contributed by atoms with Crippen molar-refractivity contribution in [1.29, 1.82) is 0 Å². The maximum atomic E-state index is 12.6. The Morgan fingerprint density at radius 3 is 2.35 bits per heavy atom. The predicted molar refractivity (Wildman–Crippen MR) is 121 cm³/mol. The number of nitrogens with zero attached hydrogens (tertiary/aromatic N) is 3. The number of alkyl halides is 1. The van der Waals surface area contributed by atoms with Crippen molar-refractivity contribution in [3.63, 3.8) is 0 Å². The number of phosphoric ester groups is 1. The standard InChI is InChI=1S/C14H21BrN5O12PS/c1-34(29,30)32-7-5-18(4-2-15)12-10(19(22)23)8-9(16)11(13(12)20(24)25)14(21)17-3-6-31-33(26,27)28/h8H,2-7,16H2,1H3,(H,17,21)(H2,26,27,28). The number of hydrogen-bond donors (Lipinski definition) is 4. The number of phosphoric acid groups is 1. The number of amides is 1. The van der Waals surface area contributed by atoms with E-state index in [2.05, 4.69) is 30.0 Å². The van der Waals surface area contributed by atoms with Crippen LogP contribution in [-0.2, 0) is 23.4 Å². The number of anilines is 2. The van der Waals surface area contributed by atoms with Gasteiger partial charge >= 0.3 is 19.2 Å². The second kappa shape index (κ2) is 12.3. The summed E-state index contributed by atoms with van der Waals surface area (Å²) in [4.78, 5) is 52.6. The van der Waals surface area contributed by atoms with Crippen LogP contribution >= 0.6 is 23.8 Å². The molecule has 0 heterocycles. The van der Waals surface area contributed by atoms with E-state index in [1.807, 2.05) is 0 Å². The Labute approximate surface area is 201 Å². The molecule has 0 aliphatic rings. The Morgan fingerprint density at radius 1 is 1.26 bits per heavy atom.